The summed E-state index contributed by atoms with van der Waals surface area (Å²) in [5, 5.41) is 15.8. The predicted octanol–water partition coefficient (Wildman–Crippen LogP) is 1.52. The van der Waals surface area contributed by atoms with Crippen LogP contribution in [0.2, 0.25) is 5.02 Å². The van der Waals surface area contributed by atoms with Gasteiger partial charge in [0.05, 0.1) is 18.3 Å². The minimum Gasteiger partial charge on any atom is -0.454 e. The Morgan fingerprint density at radius 1 is 1.11 bits per heavy atom. The van der Waals surface area contributed by atoms with E-state index in [4.69, 9.17) is 30.6 Å². The van der Waals surface area contributed by atoms with Gasteiger partial charge in [0.1, 0.15) is 24.9 Å². The van der Waals surface area contributed by atoms with Crippen molar-refractivity contribution >= 4 is 17.3 Å². The molecule has 1 N–H and O–H groups in total. The first-order valence-corrected chi connectivity index (χ1v) is 12.5. The van der Waals surface area contributed by atoms with Gasteiger partial charge in [0.2, 0.25) is 6.79 Å². The van der Waals surface area contributed by atoms with Gasteiger partial charge in [0.25, 0.3) is 0 Å². The Hall–Kier alpha value is -3.54. The van der Waals surface area contributed by atoms with Crippen molar-refractivity contribution in [3.8, 4) is 11.5 Å². The number of epoxide rings is 1. The summed E-state index contributed by atoms with van der Waals surface area (Å²) < 4.78 is 20.4. The number of fused-ring (bicyclic) bond motifs is 5. The molecule has 3 aliphatic heterocycles. The normalized spacial score (nSPS) is 27.9. The van der Waals surface area contributed by atoms with Gasteiger partial charge in [-0.05, 0) is 23.6 Å². The zero-order chi connectivity index (χ0) is 25.3. The molecule has 4 heterocycles. The molecule has 12 heteroatoms. The fraction of sp³-hybridized carbons (Fsp3) is 0.400. The fourth-order valence-corrected chi connectivity index (χ4v) is 5.84. The monoisotopic (exact) mass is 526 g/mol. The van der Waals surface area contributed by atoms with Crippen molar-refractivity contribution in [3.63, 3.8) is 0 Å². The topological polar surface area (TPSA) is 122 Å². The van der Waals surface area contributed by atoms with Crippen LogP contribution in [-0.4, -0.2) is 49.9 Å². The average molecular weight is 527 g/mol. The van der Waals surface area contributed by atoms with Gasteiger partial charge in [-0.15, -0.1) is 0 Å². The second-order valence-electron chi connectivity index (χ2n) is 9.59. The van der Waals surface area contributed by atoms with Crippen molar-refractivity contribution in [1.82, 2.24) is 13.9 Å². The molecule has 0 radical (unpaired) electrons. The smallest absolute Gasteiger partial charge is 0.347 e. The van der Waals surface area contributed by atoms with Gasteiger partial charge in [0, 0.05) is 23.6 Å². The van der Waals surface area contributed by atoms with E-state index in [0.717, 1.165) is 10.1 Å². The summed E-state index contributed by atoms with van der Waals surface area (Å²) in [5.74, 6) is 0.714. The maximum Gasteiger partial charge on any atom is 0.347 e. The molecule has 192 valence electrons. The lowest BCUT2D eigenvalue weighted by atomic mass is 9.78. The molecule has 37 heavy (non-hydrogen) atoms. The SMILES string of the molecule is O=c1n(Cc2cc3c(cc2Cl)OCO3)c(=O)n2n1CC[C@@H]1C(=NOCc3ccccc3)[C@H]3O[C@H]3[C@@H](O)[C@@H]12. The van der Waals surface area contributed by atoms with Crippen molar-refractivity contribution < 1.29 is 24.2 Å². The second kappa shape index (κ2) is 8.51. The van der Waals surface area contributed by atoms with Gasteiger partial charge >= 0.3 is 11.4 Å². The first-order valence-electron chi connectivity index (χ1n) is 12.1. The Morgan fingerprint density at radius 3 is 2.70 bits per heavy atom. The molecule has 1 saturated carbocycles. The Morgan fingerprint density at radius 2 is 1.89 bits per heavy atom. The van der Waals surface area contributed by atoms with Crippen LogP contribution in [0.1, 0.15) is 23.6 Å². The molecule has 4 aliphatic rings. The Kier molecular flexibility index (Phi) is 5.20. The third-order valence-electron chi connectivity index (χ3n) is 7.48. The first-order chi connectivity index (χ1) is 18.0. The Labute approximate surface area is 215 Å². The number of hydrogen-bond donors (Lipinski definition) is 1. The van der Waals surface area contributed by atoms with E-state index in [9.17, 15) is 14.7 Å². The second-order valence-corrected chi connectivity index (χ2v) is 10.00. The summed E-state index contributed by atoms with van der Waals surface area (Å²) in [4.78, 5) is 32.5. The van der Waals surface area contributed by atoms with Crippen LogP contribution in [0.4, 0.5) is 0 Å². The zero-order valence-electron chi connectivity index (χ0n) is 19.5. The number of nitrogens with zero attached hydrogens (tertiary/aromatic N) is 4. The Bertz CT molecular complexity index is 1530. The molecular weight excluding hydrogens is 504 g/mol. The number of oxime groups is 1. The molecule has 0 unspecified atom stereocenters. The molecule has 0 spiro atoms. The van der Waals surface area contributed by atoms with Crippen molar-refractivity contribution in [2.24, 2.45) is 11.1 Å². The molecule has 5 atom stereocenters. The number of halogens is 1. The lowest BCUT2D eigenvalue weighted by molar-refractivity contribution is 0.0320. The lowest BCUT2D eigenvalue weighted by Crippen LogP contribution is -2.53. The number of aliphatic hydroxyl groups excluding tert-OH is 1. The van der Waals surface area contributed by atoms with E-state index in [2.05, 4.69) is 5.16 Å². The molecular formula is C25H23ClN4O7. The quantitative estimate of drug-likeness (QED) is 0.395. The van der Waals surface area contributed by atoms with Crippen LogP contribution in [0.5, 0.6) is 11.5 Å². The highest BCUT2D eigenvalue weighted by Crippen LogP contribution is 2.46. The van der Waals surface area contributed by atoms with E-state index < -0.39 is 29.6 Å². The van der Waals surface area contributed by atoms with E-state index in [1.165, 1.54) is 9.36 Å². The minimum atomic E-state index is -0.961. The van der Waals surface area contributed by atoms with E-state index >= 15 is 0 Å². The third kappa shape index (κ3) is 3.60. The largest absolute Gasteiger partial charge is 0.454 e. The Balaban J connectivity index is 1.21. The number of aliphatic hydroxyl groups is 1. The van der Waals surface area contributed by atoms with Crippen LogP contribution in [0.3, 0.4) is 0 Å². The molecule has 3 aromatic rings. The maximum absolute atomic E-state index is 13.6. The van der Waals surface area contributed by atoms with Gasteiger partial charge in [-0.3, -0.25) is 0 Å². The van der Waals surface area contributed by atoms with Gasteiger partial charge < -0.3 is 24.2 Å². The molecule has 0 amide bonds. The fourth-order valence-electron chi connectivity index (χ4n) is 5.63. The summed E-state index contributed by atoms with van der Waals surface area (Å²) in [6.45, 7) is 0.623. The van der Waals surface area contributed by atoms with Crippen LogP contribution < -0.4 is 20.9 Å². The molecule has 1 aromatic heterocycles. The first kappa shape index (κ1) is 22.6. The van der Waals surface area contributed by atoms with Crippen LogP contribution in [-0.2, 0) is 29.3 Å². The molecule has 7 rings (SSSR count). The van der Waals surface area contributed by atoms with Crippen LogP contribution in [0, 0.1) is 5.92 Å². The van der Waals surface area contributed by atoms with Gasteiger partial charge in [-0.2, -0.15) is 0 Å². The highest BCUT2D eigenvalue weighted by molar-refractivity contribution is 6.31. The number of aromatic nitrogens is 3. The maximum atomic E-state index is 13.6. The number of rotatable bonds is 5. The summed E-state index contributed by atoms with van der Waals surface area (Å²) in [6, 6.07) is 12.2. The average Bonchev–Trinajstić information content (AvgIpc) is 3.52. The van der Waals surface area contributed by atoms with E-state index in [0.29, 0.717) is 47.4 Å². The van der Waals surface area contributed by atoms with Crippen LogP contribution in [0.25, 0.3) is 0 Å². The molecule has 2 fully saturated rings. The molecule has 11 nitrogen and oxygen atoms in total. The van der Waals surface area contributed by atoms with Gasteiger partial charge in [0.15, 0.2) is 11.5 Å². The van der Waals surface area contributed by atoms with Crippen molar-refractivity contribution in [2.45, 2.75) is 50.5 Å². The van der Waals surface area contributed by atoms with E-state index in [1.807, 2.05) is 30.3 Å². The molecule has 1 aliphatic carbocycles. The summed E-state index contributed by atoms with van der Waals surface area (Å²) in [7, 11) is 0. The van der Waals surface area contributed by atoms with E-state index in [1.54, 1.807) is 12.1 Å². The summed E-state index contributed by atoms with van der Waals surface area (Å²) >= 11 is 6.41. The van der Waals surface area contributed by atoms with Crippen molar-refractivity contribution in [1.29, 1.82) is 0 Å². The number of hydrogen-bond acceptors (Lipinski definition) is 8. The lowest BCUT2D eigenvalue weighted by Gasteiger charge is -2.38. The highest BCUT2D eigenvalue weighted by Gasteiger charge is 2.61. The van der Waals surface area contributed by atoms with Crippen LogP contribution >= 0.6 is 11.6 Å². The standard InChI is InChI=1S/C25H23ClN4O7/c26-16-9-18-17(34-12-35-18)8-14(16)10-28-24(32)29-7-6-15-19(27-36-11-13-4-2-1-3-5-13)22-23(37-22)21(31)20(15)30(29)25(28)33/h1-5,8-9,15,20-23,31H,6-7,10-12H2/t15-,20-,21+,22-,23+/m1/s1. The minimum absolute atomic E-state index is 0.0443. The third-order valence-corrected chi connectivity index (χ3v) is 7.83. The summed E-state index contributed by atoms with van der Waals surface area (Å²) in [6.07, 6.45) is -1.30. The predicted molar refractivity (Wildman–Crippen MR) is 130 cm³/mol. The number of benzene rings is 2. The van der Waals surface area contributed by atoms with Gasteiger partial charge in [-0.25, -0.2) is 23.5 Å². The zero-order valence-corrected chi connectivity index (χ0v) is 20.3. The summed E-state index contributed by atoms with van der Waals surface area (Å²) in [5.41, 5.74) is 1.18. The molecule has 2 aromatic carbocycles. The van der Waals surface area contributed by atoms with Gasteiger partial charge in [-0.1, -0.05) is 47.1 Å². The van der Waals surface area contributed by atoms with Crippen LogP contribution in [0.15, 0.2) is 57.2 Å². The highest BCUT2D eigenvalue weighted by atomic mass is 35.5. The van der Waals surface area contributed by atoms with E-state index in [-0.39, 0.29) is 25.4 Å². The number of ether oxygens (including phenoxy) is 3. The van der Waals surface area contributed by atoms with Crippen molar-refractivity contribution in [3.05, 3.63) is 79.6 Å². The molecule has 1 saturated heterocycles. The molecule has 0 bridgehead atoms. The van der Waals surface area contributed by atoms with Crippen molar-refractivity contribution in [2.75, 3.05) is 6.79 Å².